The maximum atomic E-state index is 11.3. The zero-order valence-electron chi connectivity index (χ0n) is 14.4. The zero-order chi connectivity index (χ0) is 17.7. The van der Waals surface area contributed by atoms with Crippen molar-refractivity contribution in [3.63, 3.8) is 0 Å². The molecule has 5 rings (SSSR count). The number of fused-ring (bicyclic) bond motifs is 3. The Balaban J connectivity index is 1.64. The lowest BCUT2D eigenvalue weighted by atomic mass is 10.1. The summed E-state index contributed by atoms with van der Waals surface area (Å²) in [5.74, 6) is 1.51. The first-order valence-electron chi connectivity index (χ1n) is 9.26. The molecule has 6 nitrogen and oxygen atoms in total. The van der Waals surface area contributed by atoms with Gasteiger partial charge in [-0.25, -0.2) is 19.7 Å². The Hall–Kier alpha value is -2.76. The zero-order valence-corrected chi connectivity index (χ0v) is 14.4. The molecule has 1 aromatic carbocycles. The molecule has 132 valence electrons. The fraction of sp³-hybridized carbons (Fsp3) is 0.400. The molecule has 2 heterocycles. The first-order valence-corrected chi connectivity index (χ1v) is 9.26. The average molecular weight is 348 g/mol. The molecule has 3 aromatic rings. The van der Waals surface area contributed by atoms with Crippen LogP contribution in [0.15, 0.2) is 24.4 Å². The van der Waals surface area contributed by atoms with Crippen LogP contribution in [-0.2, 0) is 6.42 Å². The Morgan fingerprint density at radius 3 is 2.73 bits per heavy atom. The summed E-state index contributed by atoms with van der Waals surface area (Å²) in [6.45, 7) is 0. The van der Waals surface area contributed by atoms with Gasteiger partial charge in [0.15, 0.2) is 5.82 Å². The number of pyridine rings is 1. The highest BCUT2D eigenvalue weighted by Gasteiger charge is 2.24. The predicted molar refractivity (Wildman–Crippen MR) is 99.5 cm³/mol. The second-order valence-corrected chi connectivity index (χ2v) is 7.45. The normalized spacial score (nSPS) is 16.9. The van der Waals surface area contributed by atoms with Crippen molar-refractivity contribution in [3.8, 4) is 0 Å². The number of aromatic nitrogens is 3. The molecule has 0 spiro atoms. The highest BCUT2D eigenvalue weighted by molar-refractivity contribution is 6.09. The molecule has 0 atom stereocenters. The SMILES string of the molecule is O=C(O)c1ccc2c(c1)nc(NC1CC1)c1nc(CCC3CC3)ncc12. The number of aryl methyl sites for hydroxylation is 1. The van der Waals surface area contributed by atoms with Gasteiger partial charge in [0.2, 0.25) is 0 Å². The quantitative estimate of drug-likeness (QED) is 0.659. The monoisotopic (exact) mass is 348 g/mol. The molecule has 2 N–H and O–H groups in total. The summed E-state index contributed by atoms with van der Waals surface area (Å²) in [6.07, 6.45) is 8.86. The van der Waals surface area contributed by atoms with E-state index < -0.39 is 5.97 Å². The minimum Gasteiger partial charge on any atom is -0.478 e. The molecule has 2 aromatic heterocycles. The number of nitrogens with one attached hydrogen (secondary N) is 1. The van der Waals surface area contributed by atoms with Crippen LogP contribution in [0.3, 0.4) is 0 Å². The van der Waals surface area contributed by atoms with Gasteiger partial charge in [-0.15, -0.1) is 0 Å². The van der Waals surface area contributed by atoms with Gasteiger partial charge < -0.3 is 10.4 Å². The van der Waals surface area contributed by atoms with E-state index in [4.69, 9.17) is 9.97 Å². The van der Waals surface area contributed by atoms with Gasteiger partial charge >= 0.3 is 5.97 Å². The number of rotatable bonds is 6. The van der Waals surface area contributed by atoms with Gasteiger partial charge in [0.1, 0.15) is 11.3 Å². The van der Waals surface area contributed by atoms with Gasteiger partial charge in [-0.05, 0) is 37.3 Å². The van der Waals surface area contributed by atoms with Crippen molar-refractivity contribution in [1.29, 1.82) is 0 Å². The van der Waals surface area contributed by atoms with Crippen molar-refractivity contribution in [2.45, 2.75) is 44.6 Å². The minimum absolute atomic E-state index is 0.240. The number of aromatic carboxylic acids is 1. The van der Waals surface area contributed by atoms with Crippen LogP contribution in [0.5, 0.6) is 0 Å². The fourth-order valence-electron chi connectivity index (χ4n) is 3.34. The third kappa shape index (κ3) is 2.96. The molecule has 0 radical (unpaired) electrons. The lowest BCUT2D eigenvalue weighted by Crippen LogP contribution is -2.07. The van der Waals surface area contributed by atoms with Crippen LogP contribution in [0.1, 0.15) is 48.3 Å². The Bertz CT molecular complexity index is 1030. The molecule has 0 aliphatic heterocycles. The summed E-state index contributed by atoms with van der Waals surface area (Å²) in [4.78, 5) is 25.4. The molecular weight excluding hydrogens is 328 g/mol. The second kappa shape index (κ2) is 5.90. The number of benzene rings is 1. The first-order chi connectivity index (χ1) is 12.7. The lowest BCUT2D eigenvalue weighted by Gasteiger charge is -2.11. The van der Waals surface area contributed by atoms with Crippen molar-refractivity contribution < 1.29 is 9.90 Å². The van der Waals surface area contributed by atoms with Crippen LogP contribution in [0, 0.1) is 5.92 Å². The Kier molecular flexibility index (Phi) is 3.51. The molecule has 0 unspecified atom stereocenters. The molecule has 2 fully saturated rings. The number of hydrogen-bond donors (Lipinski definition) is 2. The molecule has 0 saturated heterocycles. The predicted octanol–water partition coefficient (Wildman–Crippen LogP) is 3.79. The molecule has 6 heteroatoms. The Labute approximate surface area is 150 Å². The lowest BCUT2D eigenvalue weighted by molar-refractivity contribution is 0.0697. The molecule has 0 amide bonds. The Morgan fingerprint density at radius 1 is 1.15 bits per heavy atom. The summed E-state index contributed by atoms with van der Waals surface area (Å²) in [5, 5.41) is 14.5. The van der Waals surface area contributed by atoms with E-state index in [-0.39, 0.29) is 5.56 Å². The molecule has 2 aliphatic rings. The van der Waals surface area contributed by atoms with E-state index in [1.807, 2.05) is 12.3 Å². The summed E-state index contributed by atoms with van der Waals surface area (Å²) >= 11 is 0. The molecule has 2 aliphatic carbocycles. The third-order valence-corrected chi connectivity index (χ3v) is 5.22. The van der Waals surface area contributed by atoms with E-state index in [1.165, 1.54) is 12.8 Å². The summed E-state index contributed by atoms with van der Waals surface area (Å²) < 4.78 is 0. The molecular formula is C20H20N4O2. The first kappa shape index (κ1) is 15.5. The Morgan fingerprint density at radius 2 is 2.00 bits per heavy atom. The van der Waals surface area contributed by atoms with Crippen molar-refractivity contribution in [2.75, 3.05) is 5.32 Å². The van der Waals surface area contributed by atoms with Gasteiger partial charge in [-0.2, -0.15) is 0 Å². The third-order valence-electron chi connectivity index (χ3n) is 5.22. The fourth-order valence-corrected chi connectivity index (χ4v) is 3.34. The number of carboxylic acid groups (broad SMARTS) is 1. The van der Waals surface area contributed by atoms with Gasteiger partial charge in [-0.3, -0.25) is 0 Å². The van der Waals surface area contributed by atoms with Crippen molar-refractivity contribution in [3.05, 3.63) is 35.8 Å². The van der Waals surface area contributed by atoms with E-state index >= 15 is 0 Å². The van der Waals surface area contributed by atoms with Crippen LogP contribution in [0.2, 0.25) is 0 Å². The van der Waals surface area contributed by atoms with Crippen LogP contribution in [0.4, 0.5) is 5.82 Å². The van der Waals surface area contributed by atoms with Crippen LogP contribution >= 0.6 is 0 Å². The number of anilines is 1. The van der Waals surface area contributed by atoms with E-state index in [0.717, 1.165) is 59.5 Å². The van der Waals surface area contributed by atoms with Crippen LogP contribution < -0.4 is 5.32 Å². The number of carbonyl (C=O) groups is 1. The maximum absolute atomic E-state index is 11.3. The number of carboxylic acids is 1. The van der Waals surface area contributed by atoms with Crippen LogP contribution in [0.25, 0.3) is 21.8 Å². The molecule has 0 bridgehead atoms. The summed E-state index contributed by atoms with van der Waals surface area (Å²) in [6, 6.07) is 5.48. The largest absolute Gasteiger partial charge is 0.478 e. The molecule has 26 heavy (non-hydrogen) atoms. The van der Waals surface area contributed by atoms with E-state index in [1.54, 1.807) is 12.1 Å². The van der Waals surface area contributed by atoms with Gasteiger partial charge in [0.25, 0.3) is 0 Å². The van der Waals surface area contributed by atoms with Gasteiger partial charge in [0, 0.05) is 29.4 Å². The summed E-state index contributed by atoms with van der Waals surface area (Å²) in [5.41, 5.74) is 1.74. The summed E-state index contributed by atoms with van der Waals surface area (Å²) in [7, 11) is 0. The number of hydrogen-bond acceptors (Lipinski definition) is 5. The average Bonchev–Trinajstić information content (AvgIpc) is 3.54. The topological polar surface area (TPSA) is 88.0 Å². The van der Waals surface area contributed by atoms with Crippen LogP contribution in [-0.4, -0.2) is 32.1 Å². The van der Waals surface area contributed by atoms with Crippen molar-refractivity contribution in [1.82, 2.24) is 15.0 Å². The number of nitrogens with zero attached hydrogens (tertiary/aromatic N) is 3. The van der Waals surface area contributed by atoms with E-state index in [2.05, 4.69) is 10.3 Å². The molecule has 2 saturated carbocycles. The standard InChI is InChI=1S/C20H20N4O2/c25-20(26)12-4-7-14-15-10-21-17(8-3-11-1-2-11)24-18(15)19(22-13-5-6-13)23-16(14)9-12/h4,7,9-11,13H,1-3,5-6,8H2,(H,22,23)(H,25,26). The van der Waals surface area contributed by atoms with Gasteiger partial charge in [-0.1, -0.05) is 18.9 Å². The van der Waals surface area contributed by atoms with Crippen molar-refractivity contribution in [2.24, 2.45) is 5.92 Å². The minimum atomic E-state index is -0.947. The van der Waals surface area contributed by atoms with E-state index in [0.29, 0.717) is 11.6 Å². The van der Waals surface area contributed by atoms with E-state index in [9.17, 15) is 9.90 Å². The highest BCUT2D eigenvalue weighted by atomic mass is 16.4. The highest BCUT2D eigenvalue weighted by Crippen LogP contribution is 2.34. The second-order valence-electron chi connectivity index (χ2n) is 7.45. The van der Waals surface area contributed by atoms with Crippen molar-refractivity contribution >= 4 is 33.6 Å². The maximum Gasteiger partial charge on any atom is 0.335 e. The van der Waals surface area contributed by atoms with Gasteiger partial charge in [0.05, 0.1) is 11.1 Å². The smallest absolute Gasteiger partial charge is 0.335 e.